The molecule has 1 aromatic carbocycles. The fourth-order valence-electron chi connectivity index (χ4n) is 3.19. The SMILES string of the molecule is CC1(C)OC[C@H]([C@H](c2ccccc2)C(CNC(=O)O)n2nccn2)O1. The van der Waals surface area contributed by atoms with Gasteiger partial charge in [0.05, 0.1) is 31.1 Å². The number of hydrogen-bond acceptors (Lipinski definition) is 5. The Hall–Kier alpha value is -2.45. The van der Waals surface area contributed by atoms with Crippen LogP contribution in [-0.4, -0.2) is 51.2 Å². The number of ether oxygens (including phenoxy) is 2. The number of nitrogens with one attached hydrogen (secondary N) is 1. The Morgan fingerprint density at radius 2 is 2.04 bits per heavy atom. The summed E-state index contributed by atoms with van der Waals surface area (Å²) in [7, 11) is 0. The third-order valence-corrected chi connectivity index (χ3v) is 4.23. The molecule has 134 valence electrons. The second-order valence-corrected chi connectivity index (χ2v) is 6.41. The Morgan fingerprint density at radius 1 is 1.36 bits per heavy atom. The predicted molar refractivity (Wildman–Crippen MR) is 89.2 cm³/mol. The molecule has 0 spiro atoms. The molecule has 2 N–H and O–H groups in total. The molecule has 1 fully saturated rings. The summed E-state index contributed by atoms with van der Waals surface area (Å²) in [6.07, 6.45) is 1.81. The van der Waals surface area contributed by atoms with Gasteiger partial charge in [-0.15, -0.1) is 0 Å². The molecule has 8 nitrogen and oxygen atoms in total. The Morgan fingerprint density at radius 3 is 2.60 bits per heavy atom. The number of amides is 1. The van der Waals surface area contributed by atoms with Crippen LogP contribution in [0.2, 0.25) is 0 Å². The van der Waals surface area contributed by atoms with Crippen LogP contribution < -0.4 is 5.32 Å². The van der Waals surface area contributed by atoms with Gasteiger partial charge in [0.2, 0.25) is 0 Å². The monoisotopic (exact) mass is 346 g/mol. The van der Waals surface area contributed by atoms with E-state index in [0.29, 0.717) is 6.61 Å². The van der Waals surface area contributed by atoms with Gasteiger partial charge in [0.1, 0.15) is 0 Å². The van der Waals surface area contributed by atoms with Gasteiger partial charge in [-0.1, -0.05) is 30.3 Å². The van der Waals surface area contributed by atoms with Crippen LogP contribution in [0, 0.1) is 0 Å². The Balaban J connectivity index is 1.96. The molecule has 1 aliphatic rings. The van der Waals surface area contributed by atoms with Crippen molar-refractivity contribution in [2.75, 3.05) is 13.2 Å². The van der Waals surface area contributed by atoms with Gasteiger partial charge < -0.3 is 19.9 Å². The van der Waals surface area contributed by atoms with Crippen molar-refractivity contribution >= 4 is 6.09 Å². The van der Waals surface area contributed by atoms with Crippen LogP contribution in [0.1, 0.15) is 31.4 Å². The summed E-state index contributed by atoms with van der Waals surface area (Å²) in [5.41, 5.74) is 1.02. The number of aromatic nitrogens is 3. The van der Waals surface area contributed by atoms with Crippen LogP contribution in [0.5, 0.6) is 0 Å². The molecule has 0 aliphatic carbocycles. The summed E-state index contributed by atoms with van der Waals surface area (Å²) in [5.74, 6) is -0.859. The number of hydrogen-bond donors (Lipinski definition) is 2. The zero-order valence-electron chi connectivity index (χ0n) is 14.2. The average molecular weight is 346 g/mol. The summed E-state index contributed by atoms with van der Waals surface area (Å²) >= 11 is 0. The molecule has 1 aromatic heterocycles. The average Bonchev–Trinajstić information content (AvgIpc) is 3.21. The summed E-state index contributed by atoms with van der Waals surface area (Å²) in [6.45, 7) is 4.30. The van der Waals surface area contributed by atoms with Crippen molar-refractivity contribution in [3.63, 3.8) is 0 Å². The van der Waals surface area contributed by atoms with Crippen LogP contribution in [0.25, 0.3) is 0 Å². The minimum atomic E-state index is -1.09. The highest BCUT2D eigenvalue weighted by atomic mass is 16.7. The topological polar surface area (TPSA) is 98.5 Å². The molecule has 1 amide bonds. The van der Waals surface area contributed by atoms with E-state index in [1.54, 1.807) is 12.4 Å². The van der Waals surface area contributed by atoms with Crippen LogP contribution in [0.15, 0.2) is 42.7 Å². The summed E-state index contributed by atoms with van der Waals surface area (Å²) in [4.78, 5) is 12.6. The maximum Gasteiger partial charge on any atom is 0.404 e. The lowest BCUT2D eigenvalue weighted by Crippen LogP contribution is -2.39. The van der Waals surface area contributed by atoms with E-state index in [-0.39, 0.29) is 24.6 Å². The van der Waals surface area contributed by atoms with Crippen LogP contribution in [0.3, 0.4) is 0 Å². The van der Waals surface area contributed by atoms with E-state index in [4.69, 9.17) is 14.6 Å². The molecular weight excluding hydrogens is 324 g/mol. The standard InChI is InChI=1S/C17H22N4O4/c1-17(2)24-11-14(25-17)15(12-6-4-3-5-7-12)13(10-18-16(22)23)21-19-8-9-20-21/h3-9,13-15,18H,10-11H2,1-2H3,(H,22,23)/t13?,14-,15-/m1/s1. The number of carboxylic acid groups (broad SMARTS) is 1. The van der Waals surface area contributed by atoms with Gasteiger partial charge in [0.15, 0.2) is 5.79 Å². The highest BCUT2D eigenvalue weighted by Gasteiger charge is 2.42. The van der Waals surface area contributed by atoms with Crippen LogP contribution in [0.4, 0.5) is 4.79 Å². The minimum Gasteiger partial charge on any atom is -0.465 e. The van der Waals surface area contributed by atoms with Crippen molar-refractivity contribution in [3.05, 3.63) is 48.3 Å². The largest absolute Gasteiger partial charge is 0.465 e. The first-order valence-electron chi connectivity index (χ1n) is 8.15. The zero-order valence-corrected chi connectivity index (χ0v) is 14.2. The Kier molecular flexibility index (Phi) is 5.00. The van der Waals surface area contributed by atoms with Gasteiger partial charge in [-0.05, 0) is 19.4 Å². The third kappa shape index (κ3) is 4.15. The fraction of sp³-hybridized carbons (Fsp3) is 0.471. The van der Waals surface area contributed by atoms with Crippen molar-refractivity contribution in [1.82, 2.24) is 20.3 Å². The van der Waals surface area contributed by atoms with E-state index in [2.05, 4.69) is 15.5 Å². The van der Waals surface area contributed by atoms with Crippen molar-refractivity contribution in [2.45, 2.75) is 37.7 Å². The van der Waals surface area contributed by atoms with E-state index < -0.39 is 11.9 Å². The van der Waals surface area contributed by atoms with Gasteiger partial charge in [-0.3, -0.25) is 0 Å². The molecule has 1 saturated heterocycles. The molecule has 1 aliphatic heterocycles. The van der Waals surface area contributed by atoms with Crippen molar-refractivity contribution in [1.29, 1.82) is 0 Å². The van der Waals surface area contributed by atoms with E-state index in [0.717, 1.165) is 5.56 Å². The first-order chi connectivity index (χ1) is 12.0. The van der Waals surface area contributed by atoms with Gasteiger partial charge in [0, 0.05) is 12.5 Å². The summed E-state index contributed by atoms with van der Waals surface area (Å²) in [5, 5.41) is 19.9. The van der Waals surface area contributed by atoms with E-state index in [1.807, 2.05) is 44.2 Å². The molecule has 3 atom stereocenters. The highest BCUT2D eigenvalue weighted by molar-refractivity contribution is 5.64. The van der Waals surface area contributed by atoms with Crippen molar-refractivity contribution in [3.8, 4) is 0 Å². The summed E-state index contributed by atoms with van der Waals surface area (Å²) < 4.78 is 11.8. The first kappa shape index (κ1) is 17.4. The smallest absolute Gasteiger partial charge is 0.404 e. The number of rotatable bonds is 6. The van der Waals surface area contributed by atoms with Gasteiger partial charge in [-0.25, -0.2) is 4.79 Å². The molecule has 2 heterocycles. The van der Waals surface area contributed by atoms with Crippen LogP contribution in [-0.2, 0) is 9.47 Å². The van der Waals surface area contributed by atoms with Gasteiger partial charge >= 0.3 is 6.09 Å². The van der Waals surface area contributed by atoms with Crippen molar-refractivity contribution < 1.29 is 19.4 Å². The molecule has 0 saturated carbocycles. The fourth-order valence-corrected chi connectivity index (χ4v) is 3.19. The van der Waals surface area contributed by atoms with E-state index in [1.165, 1.54) is 4.80 Å². The van der Waals surface area contributed by atoms with E-state index >= 15 is 0 Å². The molecular formula is C17H22N4O4. The van der Waals surface area contributed by atoms with Gasteiger partial charge in [-0.2, -0.15) is 15.0 Å². The normalized spacial score (nSPS) is 21.6. The van der Waals surface area contributed by atoms with Crippen LogP contribution >= 0.6 is 0 Å². The van der Waals surface area contributed by atoms with Crippen molar-refractivity contribution in [2.24, 2.45) is 0 Å². The second kappa shape index (κ2) is 7.20. The van der Waals surface area contributed by atoms with Gasteiger partial charge in [0.25, 0.3) is 0 Å². The molecule has 0 radical (unpaired) electrons. The lowest BCUT2D eigenvalue weighted by Gasteiger charge is -2.31. The lowest BCUT2D eigenvalue weighted by molar-refractivity contribution is -0.142. The molecule has 1 unspecified atom stereocenters. The first-order valence-corrected chi connectivity index (χ1v) is 8.15. The van der Waals surface area contributed by atoms with E-state index in [9.17, 15) is 4.79 Å². The predicted octanol–water partition coefficient (Wildman–Crippen LogP) is 2.02. The lowest BCUT2D eigenvalue weighted by atomic mass is 9.86. The number of benzene rings is 1. The maximum atomic E-state index is 11.0. The third-order valence-electron chi connectivity index (χ3n) is 4.23. The number of carbonyl (C=O) groups is 1. The highest BCUT2D eigenvalue weighted by Crippen LogP contribution is 2.38. The minimum absolute atomic E-state index is 0.157. The molecule has 0 bridgehead atoms. The second-order valence-electron chi connectivity index (χ2n) is 6.41. The Bertz CT molecular complexity index is 690. The molecule has 2 aromatic rings. The number of nitrogens with zero attached hydrogens (tertiary/aromatic N) is 3. The zero-order chi connectivity index (χ0) is 17.9. The molecule has 25 heavy (non-hydrogen) atoms. The quantitative estimate of drug-likeness (QED) is 0.830. The maximum absolute atomic E-state index is 11.0. The Labute approximate surface area is 145 Å². The molecule has 8 heteroatoms. The molecule has 3 rings (SSSR count). The summed E-state index contributed by atoms with van der Waals surface area (Å²) in [6, 6.07) is 9.47.